The van der Waals surface area contributed by atoms with Gasteiger partial charge in [0, 0.05) is 17.8 Å². The van der Waals surface area contributed by atoms with Gasteiger partial charge in [-0.25, -0.2) is 0 Å². The number of furan rings is 1. The molecule has 6 heteroatoms. The molecule has 122 valence electrons. The fraction of sp³-hybridized carbons (Fsp3) is 0.294. The maximum Gasteiger partial charge on any atom is 0.239 e. The fourth-order valence-electron chi connectivity index (χ4n) is 2.00. The second kappa shape index (κ2) is 8.63. The van der Waals surface area contributed by atoms with Gasteiger partial charge in [0.2, 0.25) is 11.8 Å². The molecule has 0 saturated carbocycles. The molecule has 2 amide bonds. The normalized spacial score (nSPS) is 10.1. The second-order valence-corrected chi connectivity index (χ2v) is 5.09. The van der Waals surface area contributed by atoms with Gasteiger partial charge in [-0.05, 0) is 36.8 Å². The Morgan fingerprint density at radius 3 is 2.65 bits per heavy atom. The molecule has 0 bridgehead atoms. The first-order valence-corrected chi connectivity index (χ1v) is 7.60. The summed E-state index contributed by atoms with van der Waals surface area (Å²) in [6, 6.07) is 10.9. The third kappa shape index (κ3) is 5.86. The Bertz CT molecular complexity index is 638. The summed E-state index contributed by atoms with van der Waals surface area (Å²) in [5.41, 5.74) is 1.48. The predicted molar refractivity (Wildman–Crippen MR) is 89.0 cm³/mol. The van der Waals surface area contributed by atoms with Gasteiger partial charge in [0.25, 0.3) is 0 Å². The van der Waals surface area contributed by atoms with Gasteiger partial charge in [-0.2, -0.15) is 0 Å². The lowest BCUT2D eigenvalue weighted by molar-refractivity contribution is -0.119. The summed E-state index contributed by atoms with van der Waals surface area (Å²) >= 11 is 0. The highest BCUT2D eigenvalue weighted by molar-refractivity contribution is 5.91. The first-order chi connectivity index (χ1) is 11.2. The molecule has 0 aliphatic rings. The standard InChI is InChI=1S/C17H21N3O3/c1-2-5-16(21)20-14-7-3-6-13(10-14)18-12-17(22)19-11-15-8-4-9-23-15/h3-4,6-10,18H,2,5,11-12H2,1H3,(H,19,22)(H,20,21). The largest absolute Gasteiger partial charge is 0.467 e. The van der Waals surface area contributed by atoms with E-state index in [0.717, 1.165) is 12.1 Å². The monoisotopic (exact) mass is 315 g/mol. The molecule has 1 aromatic heterocycles. The van der Waals surface area contributed by atoms with Crippen LogP contribution >= 0.6 is 0 Å². The molecule has 1 heterocycles. The number of rotatable bonds is 8. The van der Waals surface area contributed by atoms with Gasteiger partial charge in [0.1, 0.15) is 5.76 Å². The van der Waals surface area contributed by atoms with Crippen LogP contribution in [0.15, 0.2) is 47.1 Å². The Hall–Kier alpha value is -2.76. The van der Waals surface area contributed by atoms with Crippen molar-refractivity contribution in [2.24, 2.45) is 0 Å². The van der Waals surface area contributed by atoms with Crippen LogP contribution in [0.25, 0.3) is 0 Å². The SMILES string of the molecule is CCCC(=O)Nc1cccc(NCC(=O)NCc2ccco2)c1. The average Bonchev–Trinajstić information content (AvgIpc) is 3.05. The third-order valence-electron chi connectivity index (χ3n) is 3.12. The second-order valence-electron chi connectivity index (χ2n) is 5.09. The summed E-state index contributed by atoms with van der Waals surface area (Å²) in [4.78, 5) is 23.4. The van der Waals surface area contributed by atoms with E-state index in [0.29, 0.717) is 24.4 Å². The molecular formula is C17H21N3O3. The van der Waals surface area contributed by atoms with Crippen molar-refractivity contribution in [3.05, 3.63) is 48.4 Å². The van der Waals surface area contributed by atoms with E-state index in [1.54, 1.807) is 24.5 Å². The van der Waals surface area contributed by atoms with E-state index in [9.17, 15) is 9.59 Å². The van der Waals surface area contributed by atoms with Crippen LogP contribution < -0.4 is 16.0 Å². The summed E-state index contributed by atoms with van der Waals surface area (Å²) < 4.78 is 5.14. The number of carbonyl (C=O) groups excluding carboxylic acids is 2. The van der Waals surface area contributed by atoms with Gasteiger partial charge in [0.05, 0.1) is 19.4 Å². The van der Waals surface area contributed by atoms with Gasteiger partial charge >= 0.3 is 0 Å². The number of hydrogen-bond donors (Lipinski definition) is 3. The van der Waals surface area contributed by atoms with E-state index in [1.165, 1.54) is 0 Å². The van der Waals surface area contributed by atoms with Gasteiger partial charge in [-0.1, -0.05) is 13.0 Å². The van der Waals surface area contributed by atoms with Crippen LogP contribution in [0.3, 0.4) is 0 Å². The Morgan fingerprint density at radius 1 is 1.09 bits per heavy atom. The van der Waals surface area contributed by atoms with Gasteiger partial charge in [0.15, 0.2) is 0 Å². The summed E-state index contributed by atoms with van der Waals surface area (Å²) in [7, 11) is 0. The zero-order valence-corrected chi connectivity index (χ0v) is 13.1. The fourth-order valence-corrected chi connectivity index (χ4v) is 2.00. The lowest BCUT2D eigenvalue weighted by Gasteiger charge is -2.09. The summed E-state index contributed by atoms with van der Waals surface area (Å²) in [5, 5.41) is 8.60. The highest BCUT2D eigenvalue weighted by Crippen LogP contribution is 2.15. The van der Waals surface area contributed by atoms with Crippen molar-refractivity contribution in [2.75, 3.05) is 17.2 Å². The van der Waals surface area contributed by atoms with Crippen LogP contribution in [0.5, 0.6) is 0 Å². The van der Waals surface area contributed by atoms with E-state index >= 15 is 0 Å². The van der Waals surface area contributed by atoms with Gasteiger partial charge in [-0.15, -0.1) is 0 Å². The van der Waals surface area contributed by atoms with E-state index in [1.807, 2.05) is 25.1 Å². The molecule has 1 aromatic carbocycles. The molecular weight excluding hydrogens is 294 g/mol. The average molecular weight is 315 g/mol. The molecule has 23 heavy (non-hydrogen) atoms. The molecule has 0 atom stereocenters. The van der Waals surface area contributed by atoms with Crippen LogP contribution in [0.1, 0.15) is 25.5 Å². The summed E-state index contributed by atoms with van der Waals surface area (Å²) in [6.45, 7) is 2.46. The van der Waals surface area contributed by atoms with E-state index in [4.69, 9.17) is 4.42 Å². The highest BCUT2D eigenvalue weighted by Gasteiger charge is 2.04. The Balaban J connectivity index is 1.78. The minimum absolute atomic E-state index is 0.0131. The van der Waals surface area contributed by atoms with Crippen molar-refractivity contribution in [2.45, 2.75) is 26.3 Å². The topological polar surface area (TPSA) is 83.4 Å². The van der Waals surface area contributed by atoms with E-state index in [-0.39, 0.29) is 18.4 Å². The Kier molecular flexibility index (Phi) is 6.23. The first kappa shape index (κ1) is 16.6. The van der Waals surface area contributed by atoms with Crippen molar-refractivity contribution in [3.8, 4) is 0 Å². The molecule has 0 unspecified atom stereocenters. The first-order valence-electron chi connectivity index (χ1n) is 7.60. The van der Waals surface area contributed by atoms with Crippen molar-refractivity contribution in [3.63, 3.8) is 0 Å². The minimum Gasteiger partial charge on any atom is -0.467 e. The minimum atomic E-state index is -0.137. The van der Waals surface area contributed by atoms with Gasteiger partial charge in [-0.3, -0.25) is 9.59 Å². The molecule has 0 radical (unpaired) electrons. The van der Waals surface area contributed by atoms with Crippen LogP contribution in [0.2, 0.25) is 0 Å². The number of nitrogens with one attached hydrogen (secondary N) is 3. The molecule has 2 rings (SSSR count). The zero-order chi connectivity index (χ0) is 16.5. The highest BCUT2D eigenvalue weighted by atomic mass is 16.3. The molecule has 0 aliphatic heterocycles. The Morgan fingerprint density at radius 2 is 1.91 bits per heavy atom. The Labute approximate surface area is 135 Å². The zero-order valence-electron chi connectivity index (χ0n) is 13.1. The maximum absolute atomic E-state index is 11.8. The van der Waals surface area contributed by atoms with Crippen LogP contribution in [0, 0.1) is 0 Å². The number of benzene rings is 1. The summed E-state index contributed by atoms with van der Waals surface area (Å²) in [5.74, 6) is 0.557. The summed E-state index contributed by atoms with van der Waals surface area (Å²) in [6.07, 6.45) is 2.87. The molecule has 2 aromatic rings. The number of amides is 2. The molecule has 3 N–H and O–H groups in total. The molecule has 0 spiro atoms. The molecule has 0 fully saturated rings. The van der Waals surface area contributed by atoms with Crippen molar-refractivity contribution < 1.29 is 14.0 Å². The predicted octanol–water partition coefficient (Wildman–Crippen LogP) is 2.75. The lowest BCUT2D eigenvalue weighted by Crippen LogP contribution is -2.29. The third-order valence-corrected chi connectivity index (χ3v) is 3.12. The molecule has 0 saturated heterocycles. The number of carbonyl (C=O) groups is 2. The van der Waals surface area contributed by atoms with Crippen molar-refractivity contribution >= 4 is 23.2 Å². The van der Waals surface area contributed by atoms with E-state index in [2.05, 4.69) is 16.0 Å². The molecule has 6 nitrogen and oxygen atoms in total. The van der Waals surface area contributed by atoms with Crippen molar-refractivity contribution in [1.82, 2.24) is 5.32 Å². The number of anilines is 2. The van der Waals surface area contributed by atoms with Crippen molar-refractivity contribution in [1.29, 1.82) is 0 Å². The van der Waals surface area contributed by atoms with E-state index < -0.39 is 0 Å². The van der Waals surface area contributed by atoms with Crippen LogP contribution in [-0.2, 0) is 16.1 Å². The van der Waals surface area contributed by atoms with Gasteiger partial charge < -0.3 is 20.4 Å². The maximum atomic E-state index is 11.8. The quantitative estimate of drug-likeness (QED) is 0.699. The number of hydrogen-bond acceptors (Lipinski definition) is 4. The molecule has 0 aliphatic carbocycles. The van der Waals surface area contributed by atoms with Crippen LogP contribution in [-0.4, -0.2) is 18.4 Å². The smallest absolute Gasteiger partial charge is 0.239 e. The van der Waals surface area contributed by atoms with Crippen LogP contribution in [0.4, 0.5) is 11.4 Å². The lowest BCUT2D eigenvalue weighted by atomic mass is 10.2.